The number of hydrogen-bond acceptors (Lipinski definition) is 6. The standard InChI is InChI=1S/C28H27FN6O2/c1-33(26-23(16-31)28(37)34(2)24-14-7-19(15-30)32-25(24)26)20-10-12-22(13-11-20)35(27(36)17-3-4-17)21-8-5-18(29)6-9-21/h5-9,14,17,20,22H,3-4,10-13H2,1-2H3/t20-,22+. The summed E-state index contributed by atoms with van der Waals surface area (Å²) in [6, 6.07) is 13.4. The van der Waals surface area contributed by atoms with Crippen molar-refractivity contribution in [2.24, 2.45) is 13.0 Å². The molecular formula is C28H27FN6O2. The molecule has 0 aliphatic heterocycles. The summed E-state index contributed by atoms with van der Waals surface area (Å²) in [5.41, 5.74) is 1.95. The Morgan fingerprint density at radius 2 is 1.65 bits per heavy atom. The lowest BCUT2D eigenvalue weighted by molar-refractivity contribution is -0.120. The second kappa shape index (κ2) is 9.67. The maximum Gasteiger partial charge on any atom is 0.270 e. The topological polar surface area (TPSA) is 106 Å². The molecule has 2 saturated carbocycles. The van der Waals surface area contributed by atoms with Gasteiger partial charge in [0, 0.05) is 37.8 Å². The summed E-state index contributed by atoms with van der Waals surface area (Å²) in [5, 5.41) is 19.3. The van der Waals surface area contributed by atoms with Gasteiger partial charge in [0.2, 0.25) is 5.91 Å². The van der Waals surface area contributed by atoms with Gasteiger partial charge in [-0.1, -0.05) is 0 Å². The number of benzene rings is 1. The average molecular weight is 499 g/mol. The average Bonchev–Trinajstić information content (AvgIpc) is 3.77. The van der Waals surface area contributed by atoms with E-state index in [0.29, 0.717) is 22.4 Å². The van der Waals surface area contributed by atoms with Crippen LogP contribution in [0.25, 0.3) is 11.0 Å². The summed E-state index contributed by atoms with van der Waals surface area (Å²) in [6.07, 6.45) is 4.70. The Morgan fingerprint density at radius 3 is 2.24 bits per heavy atom. The van der Waals surface area contributed by atoms with E-state index in [1.165, 1.54) is 16.7 Å². The fourth-order valence-corrected chi connectivity index (χ4v) is 5.43. The first kappa shape index (κ1) is 24.5. The maximum absolute atomic E-state index is 13.6. The molecule has 0 unspecified atom stereocenters. The van der Waals surface area contributed by atoms with Crippen molar-refractivity contribution >= 4 is 28.3 Å². The number of aromatic nitrogens is 2. The van der Waals surface area contributed by atoms with Gasteiger partial charge < -0.3 is 14.4 Å². The van der Waals surface area contributed by atoms with Crippen LogP contribution in [0.5, 0.6) is 0 Å². The monoisotopic (exact) mass is 498 g/mol. The molecule has 5 rings (SSSR count). The van der Waals surface area contributed by atoms with Crippen molar-refractivity contribution in [1.29, 1.82) is 10.5 Å². The lowest BCUT2D eigenvalue weighted by Gasteiger charge is -2.40. The molecule has 2 fully saturated rings. The molecule has 188 valence electrons. The molecule has 8 nitrogen and oxygen atoms in total. The Kier molecular flexibility index (Phi) is 6.39. The van der Waals surface area contributed by atoms with Crippen molar-refractivity contribution in [3.8, 4) is 12.1 Å². The first-order chi connectivity index (χ1) is 17.8. The number of pyridine rings is 2. The van der Waals surface area contributed by atoms with Gasteiger partial charge in [0.05, 0.1) is 11.2 Å². The van der Waals surface area contributed by atoms with E-state index in [2.05, 4.69) is 11.1 Å². The molecular weight excluding hydrogens is 471 g/mol. The third-order valence-electron chi connectivity index (χ3n) is 7.64. The fourth-order valence-electron chi connectivity index (χ4n) is 5.43. The van der Waals surface area contributed by atoms with Gasteiger partial charge in [-0.05, 0) is 74.9 Å². The van der Waals surface area contributed by atoms with Crippen molar-refractivity contribution in [2.75, 3.05) is 16.8 Å². The number of anilines is 2. The van der Waals surface area contributed by atoms with Crippen LogP contribution in [0.15, 0.2) is 41.2 Å². The highest BCUT2D eigenvalue weighted by atomic mass is 19.1. The SMILES string of the molecule is Cn1c(=O)c(C#N)c(N(C)[C@H]2CC[C@@H](N(C(=O)C3CC3)c3ccc(F)cc3)CC2)c2nc(C#N)ccc21. The molecule has 2 heterocycles. The van der Waals surface area contributed by atoms with E-state index in [-0.39, 0.29) is 41.0 Å². The Morgan fingerprint density at radius 1 is 1.00 bits per heavy atom. The highest BCUT2D eigenvalue weighted by molar-refractivity contribution is 5.97. The van der Waals surface area contributed by atoms with Crippen molar-refractivity contribution < 1.29 is 9.18 Å². The first-order valence-corrected chi connectivity index (χ1v) is 12.5. The van der Waals surface area contributed by atoms with E-state index in [1.807, 2.05) is 22.9 Å². The van der Waals surface area contributed by atoms with Crippen LogP contribution in [0.1, 0.15) is 49.8 Å². The predicted molar refractivity (Wildman–Crippen MR) is 137 cm³/mol. The van der Waals surface area contributed by atoms with Crippen LogP contribution >= 0.6 is 0 Å². The zero-order valence-corrected chi connectivity index (χ0v) is 20.8. The van der Waals surface area contributed by atoms with Gasteiger partial charge in [0.25, 0.3) is 5.56 Å². The molecule has 2 aromatic heterocycles. The highest BCUT2D eigenvalue weighted by Gasteiger charge is 2.39. The Hall–Kier alpha value is -4.24. The lowest BCUT2D eigenvalue weighted by atomic mass is 9.88. The molecule has 0 N–H and O–H groups in total. The number of fused-ring (bicyclic) bond motifs is 1. The minimum absolute atomic E-state index is 0.000867. The van der Waals surface area contributed by atoms with Crippen LogP contribution in [0, 0.1) is 34.4 Å². The second-order valence-corrected chi connectivity index (χ2v) is 9.91. The molecule has 2 aliphatic rings. The quantitative estimate of drug-likeness (QED) is 0.526. The molecule has 37 heavy (non-hydrogen) atoms. The van der Waals surface area contributed by atoms with Gasteiger partial charge in [-0.25, -0.2) is 9.37 Å². The van der Waals surface area contributed by atoms with Crippen molar-refractivity contribution in [3.05, 3.63) is 63.8 Å². The minimum Gasteiger partial charge on any atom is -0.369 e. The summed E-state index contributed by atoms with van der Waals surface area (Å²) < 4.78 is 15.0. The Bertz CT molecular complexity index is 1510. The van der Waals surface area contributed by atoms with E-state index < -0.39 is 5.56 Å². The van der Waals surface area contributed by atoms with E-state index >= 15 is 0 Å². The summed E-state index contributed by atoms with van der Waals surface area (Å²) in [4.78, 5) is 34.4. The molecule has 3 aromatic rings. The molecule has 1 aromatic carbocycles. The Balaban J connectivity index is 1.45. The molecule has 1 amide bonds. The number of rotatable bonds is 5. The van der Waals surface area contributed by atoms with Crippen LogP contribution in [-0.4, -0.2) is 34.6 Å². The number of nitriles is 2. The van der Waals surface area contributed by atoms with E-state index in [9.17, 15) is 24.5 Å². The largest absolute Gasteiger partial charge is 0.369 e. The van der Waals surface area contributed by atoms with Crippen molar-refractivity contribution in [3.63, 3.8) is 0 Å². The number of carbonyl (C=O) groups excluding carboxylic acids is 1. The summed E-state index contributed by atoms with van der Waals surface area (Å²) in [6.45, 7) is 0. The number of hydrogen-bond donors (Lipinski definition) is 0. The van der Waals surface area contributed by atoms with Crippen LogP contribution < -0.4 is 15.4 Å². The summed E-state index contributed by atoms with van der Waals surface area (Å²) in [7, 11) is 3.45. The molecule has 9 heteroatoms. The third-order valence-corrected chi connectivity index (χ3v) is 7.64. The van der Waals surface area contributed by atoms with E-state index in [4.69, 9.17) is 0 Å². The Labute approximate surface area is 214 Å². The number of halogens is 1. The number of aryl methyl sites for hydroxylation is 1. The van der Waals surface area contributed by atoms with Gasteiger partial charge in [-0.15, -0.1) is 0 Å². The van der Waals surface area contributed by atoms with Crippen molar-refractivity contribution in [2.45, 2.75) is 50.6 Å². The van der Waals surface area contributed by atoms with Crippen LogP contribution in [0.3, 0.4) is 0 Å². The molecule has 0 atom stereocenters. The van der Waals surface area contributed by atoms with Crippen LogP contribution in [0.2, 0.25) is 0 Å². The maximum atomic E-state index is 13.6. The summed E-state index contributed by atoms with van der Waals surface area (Å²) >= 11 is 0. The zero-order chi connectivity index (χ0) is 26.3. The van der Waals surface area contributed by atoms with E-state index in [0.717, 1.165) is 38.5 Å². The molecule has 0 spiro atoms. The number of amides is 1. The van der Waals surface area contributed by atoms with Gasteiger partial charge in [-0.2, -0.15) is 10.5 Å². The molecule has 0 saturated heterocycles. The third kappa shape index (κ3) is 4.42. The zero-order valence-electron chi connectivity index (χ0n) is 20.8. The van der Waals surface area contributed by atoms with E-state index in [1.54, 1.807) is 31.3 Å². The smallest absolute Gasteiger partial charge is 0.270 e. The number of carbonyl (C=O) groups is 1. The van der Waals surface area contributed by atoms with Gasteiger partial charge in [0.1, 0.15) is 34.7 Å². The molecule has 0 bridgehead atoms. The van der Waals surface area contributed by atoms with Gasteiger partial charge in [-0.3, -0.25) is 9.59 Å². The lowest BCUT2D eigenvalue weighted by Crippen LogP contribution is -2.47. The fraction of sp³-hybridized carbons (Fsp3) is 0.393. The predicted octanol–water partition coefficient (Wildman–Crippen LogP) is 4.01. The van der Waals surface area contributed by atoms with Crippen molar-refractivity contribution in [1.82, 2.24) is 9.55 Å². The highest BCUT2D eigenvalue weighted by Crippen LogP contribution is 2.38. The van der Waals surface area contributed by atoms with Crippen LogP contribution in [-0.2, 0) is 11.8 Å². The summed E-state index contributed by atoms with van der Waals surface area (Å²) in [5.74, 6) is -0.201. The molecule has 0 radical (unpaired) electrons. The molecule has 2 aliphatic carbocycles. The minimum atomic E-state index is -0.408. The first-order valence-electron chi connectivity index (χ1n) is 12.5. The van der Waals surface area contributed by atoms with Gasteiger partial charge in [0.15, 0.2) is 0 Å². The van der Waals surface area contributed by atoms with Crippen LogP contribution in [0.4, 0.5) is 15.8 Å². The second-order valence-electron chi connectivity index (χ2n) is 9.91. The van der Waals surface area contributed by atoms with Gasteiger partial charge >= 0.3 is 0 Å². The normalized spacial score (nSPS) is 19.2. The number of nitrogens with zero attached hydrogens (tertiary/aromatic N) is 6.